The van der Waals surface area contributed by atoms with Crippen LogP contribution in [0.2, 0.25) is 0 Å². The fraction of sp³-hybridized carbons (Fsp3) is 0.222. The molecule has 130 valence electrons. The van der Waals surface area contributed by atoms with Crippen LogP contribution >= 0.6 is 0 Å². The maximum absolute atomic E-state index is 12.9. The second-order valence-corrected chi connectivity index (χ2v) is 8.37. The first kappa shape index (κ1) is 16.5. The van der Waals surface area contributed by atoms with Gasteiger partial charge in [-0.3, -0.25) is 3.97 Å². The Bertz CT molecular complexity index is 964. The normalized spacial score (nSPS) is 16.7. The van der Waals surface area contributed by atoms with E-state index in [1.54, 1.807) is 30.3 Å². The monoisotopic (exact) mass is 375 g/mol. The van der Waals surface area contributed by atoms with Crippen LogP contribution in [0.3, 0.4) is 0 Å². The summed E-state index contributed by atoms with van der Waals surface area (Å²) in [5, 5.41) is 0.601. The lowest BCUT2D eigenvalue weighted by Gasteiger charge is -2.08. The summed E-state index contributed by atoms with van der Waals surface area (Å²) in [6.07, 6.45) is 3.88. The van der Waals surface area contributed by atoms with Gasteiger partial charge in [-0.1, -0.05) is 18.2 Å². The quantitative estimate of drug-likeness (QED) is 0.669. The van der Waals surface area contributed by atoms with Gasteiger partial charge in [-0.2, -0.15) is 0 Å². The molecule has 0 bridgehead atoms. The van der Waals surface area contributed by atoms with E-state index in [1.807, 2.05) is 18.2 Å². The summed E-state index contributed by atoms with van der Waals surface area (Å²) in [4.78, 5) is 0.868. The lowest BCUT2D eigenvalue weighted by atomic mass is 10.2. The first-order valence-corrected chi connectivity index (χ1v) is 10.2. The van der Waals surface area contributed by atoms with Gasteiger partial charge >= 0.3 is 0 Å². The minimum absolute atomic E-state index is 0.244. The number of benzene rings is 2. The van der Waals surface area contributed by atoms with E-state index in [1.165, 1.54) is 23.0 Å². The van der Waals surface area contributed by atoms with E-state index >= 15 is 0 Å². The predicted molar refractivity (Wildman–Crippen MR) is 97.4 cm³/mol. The average molecular weight is 375 g/mol. The Morgan fingerprint density at radius 2 is 1.88 bits per heavy atom. The van der Waals surface area contributed by atoms with Crippen molar-refractivity contribution < 1.29 is 17.7 Å². The lowest BCUT2D eigenvalue weighted by Crippen LogP contribution is -2.04. The van der Waals surface area contributed by atoms with Gasteiger partial charge in [0.05, 0.1) is 21.9 Å². The van der Waals surface area contributed by atoms with Crippen molar-refractivity contribution in [1.82, 2.24) is 3.97 Å². The molecule has 1 heterocycles. The Hall–Kier alpha value is -1.96. The van der Waals surface area contributed by atoms with Gasteiger partial charge < -0.3 is 9.29 Å². The molecular formula is C18H17NO4S2. The second kappa shape index (κ2) is 6.74. The molecule has 2 atom stereocenters. The van der Waals surface area contributed by atoms with Crippen molar-refractivity contribution in [3.05, 3.63) is 54.7 Å². The molecule has 0 aliphatic heterocycles. The van der Waals surface area contributed by atoms with Crippen LogP contribution in [0.25, 0.3) is 10.9 Å². The summed E-state index contributed by atoms with van der Waals surface area (Å²) in [5.74, 6) is 1.31. The van der Waals surface area contributed by atoms with Crippen molar-refractivity contribution in [3.63, 3.8) is 0 Å². The number of ether oxygens (including phenoxy) is 1. The summed E-state index contributed by atoms with van der Waals surface area (Å²) in [6.45, 7) is 0.673. The van der Waals surface area contributed by atoms with E-state index in [4.69, 9.17) is 4.74 Å². The Labute approximate surface area is 150 Å². The smallest absolute Gasteiger partial charge is 0.188 e. The molecule has 0 saturated heterocycles. The van der Waals surface area contributed by atoms with Crippen LogP contribution in [0.5, 0.6) is 5.75 Å². The van der Waals surface area contributed by atoms with Gasteiger partial charge in [0.2, 0.25) is 0 Å². The van der Waals surface area contributed by atoms with Crippen LogP contribution in [0.1, 0.15) is 12.8 Å². The summed E-state index contributed by atoms with van der Waals surface area (Å²) in [5.41, 5.74) is 0.618. The molecule has 1 fully saturated rings. The zero-order chi connectivity index (χ0) is 17.4. The fourth-order valence-corrected chi connectivity index (χ4v) is 4.43. The van der Waals surface area contributed by atoms with Crippen LogP contribution in [-0.2, 0) is 22.1 Å². The van der Waals surface area contributed by atoms with Crippen molar-refractivity contribution >= 4 is 33.0 Å². The molecule has 25 heavy (non-hydrogen) atoms. The van der Waals surface area contributed by atoms with Gasteiger partial charge in [0, 0.05) is 17.6 Å². The summed E-state index contributed by atoms with van der Waals surface area (Å²) in [6, 6.07) is 14.3. The highest BCUT2D eigenvalue weighted by Crippen LogP contribution is 2.32. The Morgan fingerprint density at radius 1 is 1.12 bits per heavy atom. The highest BCUT2D eigenvalue weighted by molar-refractivity contribution is 7.84. The van der Waals surface area contributed by atoms with Gasteiger partial charge in [0.25, 0.3) is 0 Å². The molecule has 4 rings (SSSR count). The molecule has 0 spiro atoms. The first-order chi connectivity index (χ1) is 12.1. The van der Waals surface area contributed by atoms with E-state index in [2.05, 4.69) is 0 Å². The van der Waals surface area contributed by atoms with E-state index in [0.29, 0.717) is 34.1 Å². The van der Waals surface area contributed by atoms with Crippen LogP contribution in [0.15, 0.2) is 64.5 Å². The second-order valence-electron chi connectivity index (χ2n) is 6.06. The molecule has 1 N–H and O–H groups in total. The zero-order valence-corrected chi connectivity index (χ0v) is 15.0. The Balaban J connectivity index is 1.79. The van der Waals surface area contributed by atoms with E-state index in [-0.39, 0.29) is 4.90 Å². The van der Waals surface area contributed by atoms with Crippen LogP contribution in [0.4, 0.5) is 0 Å². The van der Waals surface area contributed by atoms with Crippen LogP contribution in [0, 0.1) is 5.92 Å². The van der Waals surface area contributed by atoms with Gasteiger partial charge in [-0.15, -0.1) is 0 Å². The number of rotatable bonds is 6. The number of fused-ring (bicyclic) bond motifs is 1. The van der Waals surface area contributed by atoms with Crippen LogP contribution in [-0.4, -0.2) is 23.5 Å². The topological polar surface area (TPSA) is 68.5 Å². The SMILES string of the molecule is O=S(O)c1cn(S(=O)c2ccccc2)c2cc(OCC3CC3)ccc12. The maximum Gasteiger partial charge on any atom is 0.188 e. The molecule has 1 aliphatic carbocycles. The zero-order valence-electron chi connectivity index (χ0n) is 13.3. The van der Waals surface area contributed by atoms with E-state index in [9.17, 15) is 13.0 Å². The van der Waals surface area contributed by atoms with Crippen molar-refractivity contribution in [2.45, 2.75) is 22.6 Å². The van der Waals surface area contributed by atoms with Crippen molar-refractivity contribution in [2.75, 3.05) is 6.61 Å². The standard InChI is InChI=1S/C18H17NO4S2/c20-24(15-4-2-1-3-5-15)19-11-18(25(21)22)16-9-8-14(10-17(16)19)23-12-13-6-7-13/h1-5,8-11,13H,6-7,12H2,(H,21,22). The van der Waals surface area contributed by atoms with Crippen molar-refractivity contribution in [1.29, 1.82) is 0 Å². The molecule has 1 aliphatic rings. The number of hydrogen-bond acceptors (Lipinski definition) is 3. The molecule has 5 nitrogen and oxygen atoms in total. The predicted octanol–water partition coefficient (Wildman–Crippen LogP) is 3.58. The molecule has 2 unspecified atom stereocenters. The van der Waals surface area contributed by atoms with E-state index in [0.717, 1.165) is 0 Å². The Kier molecular flexibility index (Phi) is 4.45. The molecule has 7 heteroatoms. The third-order valence-corrected chi connectivity index (χ3v) is 6.24. The number of nitrogens with zero attached hydrogens (tertiary/aromatic N) is 1. The van der Waals surface area contributed by atoms with Gasteiger partial charge in [0.1, 0.15) is 5.75 Å². The van der Waals surface area contributed by atoms with Gasteiger partial charge in [-0.25, -0.2) is 8.42 Å². The van der Waals surface area contributed by atoms with Crippen molar-refractivity contribution in [2.24, 2.45) is 5.92 Å². The largest absolute Gasteiger partial charge is 0.493 e. The molecule has 1 aromatic heterocycles. The molecule has 0 amide bonds. The summed E-state index contributed by atoms with van der Waals surface area (Å²) < 4.78 is 41.5. The third kappa shape index (κ3) is 3.40. The third-order valence-electron chi connectivity index (χ3n) is 4.20. The maximum atomic E-state index is 12.9. The van der Waals surface area contributed by atoms with Crippen LogP contribution < -0.4 is 4.74 Å². The minimum atomic E-state index is -2.16. The molecule has 3 aromatic rings. The van der Waals surface area contributed by atoms with E-state index < -0.39 is 22.1 Å². The summed E-state index contributed by atoms with van der Waals surface area (Å²) in [7, 11) is -1.51. The highest BCUT2D eigenvalue weighted by Gasteiger charge is 2.22. The van der Waals surface area contributed by atoms with Crippen molar-refractivity contribution in [3.8, 4) is 5.75 Å². The summed E-state index contributed by atoms with van der Waals surface area (Å²) >= 11 is -2.16. The Morgan fingerprint density at radius 3 is 2.56 bits per heavy atom. The molecule has 0 radical (unpaired) electrons. The number of aromatic nitrogens is 1. The average Bonchev–Trinajstić information content (AvgIpc) is 3.38. The molecular weight excluding hydrogens is 358 g/mol. The first-order valence-electron chi connectivity index (χ1n) is 7.99. The van der Waals surface area contributed by atoms with Gasteiger partial charge in [0.15, 0.2) is 22.1 Å². The fourth-order valence-electron chi connectivity index (χ4n) is 2.66. The van der Waals surface area contributed by atoms with Gasteiger partial charge in [-0.05, 0) is 43.0 Å². The lowest BCUT2D eigenvalue weighted by molar-refractivity contribution is 0.300. The molecule has 1 saturated carbocycles. The number of hydrogen-bond donors (Lipinski definition) is 1. The minimum Gasteiger partial charge on any atom is -0.493 e. The molecule has 2 aromatic carbocycles. The highest BCUT2D eigenvalue weighted by atomic mass is 32.2.